The SMILES string of the molecule is C=C(Cc1cc(C(C)(C)C)c(O)c(C(C)(C)C)c1)C(=O)OC. The molecule has 0 aliphatic rings. The smallest absolute Gasteiger partial charge is 0.333 e. The van der Waals surface area contributed by atoms with Gasteiger partial charge in [0.1, 0.15) is 5.75 Å². The molecule has 0 saturated heterocycles. The van der Waals surface area contributed by atoms with E-state index in [0.29, 0.717) is 17.7 Å². The van der Waals surface area contributed by atoms with Crippen molar-refractivity contribution in [3.8, 4) is 5.75 Å². The van der Waals surface area contributed by atoms with E-state index in [1.54, 1.807) is 0 Å². The molecular weight excluding hydrogens is 276 g/mol. The van der Waals surface area contributed by atoms with Crippen LogP contribution in [0.1, 0.15) is 58.2 Å². The summed E-state index contributed by atoms with van der Waals surface area (Å²) in [5, 5.41) is 10.7. The van der Waals surface area contributed by atoms with Crippen LogP contribution >= 0.6 is 0 Å². The van der Waals surface area contributed by atoms with E-state index in [4.69, 9.17) is 4.74 Å². The van der Waals surface area contributed by atoms with E-state index in [1.807, 2.05) is 12.1 Å². The highest BCUT2D eigenvalue weighted by atomic mass is 16.5. The lowest BCUT2D eigenvalue weighted by Gasteiger charge is -2.28. The van der Waals surface area contributed by atoms with Gasteiger partial charge in [-0.1, -0.05) is 60.3 Å². The largest absolute Gasteiger partial charge is 0.507 e. The van der Waals surface area contributed by atoms with Gasteiger partial charge < -0.3 is 9.84 Å². The second-order valence-corrected chi connectivity index (χ2v) is 7.81. The van der Waals surface area contributed by atoms with Crippen LogP contribution < -0.4 is 0 Å². The van der Waals surface area contributed by atoms with Crippen LogP contribution in [0.4, 0.5) is 0 Å². The van der Waals surface area contributed by atoms with Crippen LogP contribution in [0.3, 0.4) is 0 Å². The molecule has 1 aromatic carbocycles. The topological polar surface area (TPSA) is 46.5 Å². The second kappa shape index (κ2) is 6.15. The van der Waals surface area contributed by atoms with E-state index in [0.717, 1.165) is 16.7 Å². The number of hydrogen-bond acceptors (Lipinski definition) is 3. The van der Waals surface area contributed by atoms with Crippen molar-refractivity contribution in [1.82, 2.24) is 0 Å². The standard InChI is InChI=1S/C19H28O3/c1-12(17(21)22-8)9-13-10-14(18(2,3)4)16(20)15(11-13)19(5,6)7/h10-11,20H,1,9H2,2-8H3. The highest BCUT2D eigenvalue weighted by molar-refractivity contribution is 5.88. The van der Waals surface area contributed by atoms with Crippen LogP contribution in [0, 0.1) is 0 Å². The molecule has 0 atom stereocenters. The molecule has 1 N–H and O–H groups in total. The van der Waals surface area contributed by atoms with Gasteiger partial charge in [0.2, 0.25) is 0 Å². The number of phenols is 1. The summed E-state index contributed by atoms with van der Waals surface area (Å²) in [6.07, 6.45) is 0.416. The van der Waals surface area contributed by atoms with Crippen LogP contribution in [-0.2, 0) is 26.8 Å². The minimum atomic E-state index is -0.400. The molecule has 1 rings (SSSR count). The quantitative estimate of drug-likeness (QED) is 0.670. The third-order valence-electron chi connectivity index (χ3n) is 3.68. The number of ether oxygens (including phenoxy) is 1. The zero-order chi connectivity index (χ0) is 17.3. The van der Waals surface area contributed by atoms with E-state index in [1.165, 1.54) is 7.11 Å². The van der Waals surface area contributed by atoms with Crippen LogP contribution in [0.25, 0.3) is 0 Å². The van der Waals surface area contributed by atoms with Gasteiger partial charge in [-0.2, -0.15) is 0 Å². The Bertz CT molecular complexity index is 549. The highest BCUT2D eigenvalue weighted by Crippen LogP contribution is 2.40. The van der Waals surface area contributed by atoms with Gasteiger partial charge in [0, 0.05) is 12.0 Å². The minimum Gasteiger partial charge on any atom is -0.507 e. The molecule has 0 aliphatic carbocycles. The number of rotatable bonds is 3. The number of benzene rings is 1. The molecule has 0 heterocycles. The number of carbonyl (C=O) groups excluding carboxylic acids is 1. The predicted molar refractivity (Wildman–Crippen MR) is 90.4 cm³/mol. The molecule has 0 bridgehead atoms. The van der Waals surface area contributed by atoms with Crippen molar-refractivity contribution in [2.45, 2.75) is 58.8 Å². The average Bonchev–Trinajstić information content (AvgIpc) is 2.36. The Balaban J connectivity index is 3.42. The normalized spacial score (nSPS) is 12.1. The molecule has 0 aromatic heterocycles. The maximum atomic E-state index is 11.6. The van der Waals surface area contributed by atoms with Gasteiger partial charge in [0.25, 0.3) is 0 Å². The average molecular weight is 304 g/mol. The van der Waals surface area contributed by atoms with Gasteiger partial charge >= 0.3 is 5.97 Å². The molecule has 0 aliphatic heterocycles. The van der Waals surface area contributed by atoms with Crippen LogP contribution in [0.2, 0.25) is 0 Å². The number of aromatic hydroxyl groups is 1. The maximum Gasteiger partial charge on any atom is 0.333 e. The first-order valence-corrected chi connectivity index (χ1v) is 7.51. The van der Waals surface area contributed by atoms with Crippen molar-refractivity contribution < 1.29 is 14.6 Å². The zero-order valence-corrected chi connectivity index (χ0v) is 14.8. The lowest BCUT2D eigenvalue weighted by molar-refractivity contribution is -0.136. The molecule has 0 radical (unpaired) electrons. The minimum absolute atomic E-state index is 0.188. The molecule has 122 valence electrons. The fourth-order valence-corrected chi connectivity index (χ4v) is 2.40. The Labute approximate surface area is 134 Å². The third-order valence-corrected chi connectivity index (χ3v) is 3.68. The summed E-state index contributed by atoms with van der Waals surface area (Å²) in [5.41, 5.74) is 2.76. The van der Waals surface area contributed by atoms with E-state index >= 15 is 0 Å². The molecule has 0 saturated carbocycles. The summed E-state index contributed by atoms with van der Waals surface area (Å²) in [5.74, 6) is -0.0601. The summed E-state index contributed by atoms with van der Waals surface area (Å²) < 4.78 is 4.72. The van der Waals surface area contributed by atoms with E-state index in [-0.39, 0.29) is 10.8 Å². The number of carbonyl (C=O) groups is 1. The molecule has 0 fully saturated rings. The molecule has 1 aromatic rings. The van der Waals surface area contributed by atoms with Crippen molar-refractivity contribution in [2.75, 3.05) is 7.11 Å². The van der Waals surface area contributed by atoms with Gasteiger partial charge in [-0.25, -0.2) is 4.79 Å². The Kier molecular flexibility index (Phi) is 5.11. The molecule has 22 heavy (non-hydrogen) atoms. The molecule has 3 nitrogen and oxygen atoms in total. The van der Waals surface area contributed by atoms with Gasteiger partial charge in [0.15, 0.2) is 0 Å². The first-order chi connectivity index (χ1) is 9.87. The van der Waals surface area contributed by atoms with E-state index in [9.17, 15) is 9.90 Å². The Hall–Kier alpha value is -1.77. The molecule has 0 spiro atoms. The summed E-state index contributed by atoms with van der Waals surface area (Å²) in [4.78, 5) is 11.6. The number of phenolic OH excluding ortho intramolecular Hbond substituents is 1. The van der Waals surface area contributed by atoms with Crippen molar-refractivity contribution in [1.29, 1.82) is 0 Å². The van der Waals surface area contributed by atoms with E-state index in [2.05, 4.69) is 48.1 Å². The van der Waals surface area contributed by atoms with Gasteiger partial charge in [0.05, 0.1) is 7.11 Å². The molecule has 3 heteroatoms. The summed E-state index contributed by atoms with van der Waals surface area (Å²) in [6, 6.07) is 3.91. The van der Waals surface area contributed by atoms with Crippen LogP contribution in [0.5, 0.6) is 5.75 Å². The van der Waals surface area contributed by atoms with Crippen molar-refractivity contribution in [3.05, 3.63) is 41.0 Å². The Morgan fingerprint density at radius 2 is 1.50 bits per heavy atom. The maximum absolute atomic E-state index is 11.6. The van der Waals surface area contributed by atoms with Crippen molar-refractivity contribution >= 4 is 5.97 Å². The Morgan fingerprint density at radius 3 is 1.82 bits per heavy atom. The van der Waals surface area contributed by atoms with Gasteiger partial charge in [-0.15, -0.1) is 0 Å². The van der Waals surface area contributed by atoms with Gasteiger partial charge in [-0.3, -0.25) is 0 Å². The third kappa shape index (κ3) is 4.12. The molecular formula is C19H28O3. The summed E-state index contributed by atoms with van der Waals surface area (Å²) in [6.45, 7) is 16.2. The van der Waals surface area contributed by atoms with Crippen LogP contribution in [-0.4, -0.2) is 18.2 Å². The molecule has 0 amide bonds. The lowest BCUT2D eigenvalue weighted by atomic mass is 9.78. The summed E-state index contributed by atoms with van der Waals surface area (Å²) in [7, 11) is 1.35. The first kappa shape index (κ1) is 18.3. The fourth-order valence-electron chi connectivity index (χ4n) is 2.40. The zero-order valence-electron chi connectivity index (χ0n) is 14.8. The number of hydrogen-bond donors (Lipinski definition) is 1. The second-order valence-electron chi connectivity index (χ2n) is 7.81. The number of esters is 1. The first-order valence-electron chi connectivity index (χ1n) is 7.51. The van der Waals surface area contributed by atoms with Gasteiger partial charge in [-0.05, 0) is 27.5 Å². The monoisotopic (exact) mass is 304 g/mol. The Morgan fingerprint density at radius 1 is 1.09 bits per heavy atom. The lowest BCUT2D eigenvalue weighted by Crippen LogP contribution is -2.18. The van der Waals surface area contributed by atoms with Crippen molar-refractivity contribution in [3.63, 3.8) is 0 Å². The highest BCUT2D eigenvalue weighted by Gasteiger charge is 2.26. The number of methoxy groups -OCH3 is 1. The summed E-state index contributed by atoms with van der Waals surface area (Å²) >= 11 is 0. The predicted octanol–water partition coefficient (Wildman–Crippen LogP) is 4.26. The van der Waals surface area contributed by atoms with Crippen molar-refractivity contribution in [2.24, 2.45) is 0 Å². The fraction of sp³-hybridized carbons (Fsp3) is 0.526. The van der Waals surface area contributed by atoms with E-state index < -0.39 is 5.97 Å². The molecule has 0 unspecified atom stereocenters. The van der Waals surface area contributed by atoms with Crippen LogP contribution in [0.15, 0.2) is 24.3 Å².